The summed E-state index contributed by atoms with van der Waals surface area (Å²) in [6, 6.07) is 5.64. The molecule has 3 rings (SSSR count). The van der Waals surface area contributed by atoms with E-state index in [4.69, 9.17) is 10.5 Å². The highest BCUT2D eigenvalue weighted by atomic mass is 19.1. The van der Waals surface area contributed by atoms with E-state index in [1.165, 1.54) is 36.0 Å². The van der Waals surface area contributed by atoms with Gasteiger partial charge in [0.2, 0.25) is 23.6 Å². The molecule has 0 spiro atoms. The summed E-state index contributed by atoms with van der Waals surface area (Å²) in [5.41, 5.74) is 7.60. The van der Waals surface area contributed by atoms with Crippen molar-refractivity contribution in [2.45, 2.75) is 65.5 Å². The highest BCUT2D eigenvalue weighted by molar-refractivity contribution is 5.92. The summed E-state index contributed by atoms with van der Waals surface area (Å²) in [5, 5.41) is 3.04. The molecule has 10 heteroatoms. The second-order valence-electron chi connectivity index (χ2n) is 11.4. The summed E-state index contributed by atoms with van der Waals surface area (Å²) in [4.78, 5) is 34.5. The van der Waals surface area contributed by atoms with Gasteiger partial charge < -0.3 is 25.6 Å². The second-order valence-corrected chi connectivity index (χ2v) is 11.4. The van der Waals surface area contributed by atoms with E-state index in [2.05, 4.69) is 28.8 Å². The van der Waals surface area contributed by atoms with Crippen LogP contribution in [0.2, 0.25) is 0 Å². The number of amides is 2. The minimum Gasteiger partial charge on any atom is -0.474 e. The molecule has 1 heterocycles. The number of nitrogens with two attached hydrogens (primary N) is 1. The third-order valence-corrected chi connectivity index (χ3v) is 7.03. The van der Waals surface area contributed by atoms with Gasteiger partial charge in [-0.25, -0.2) is 9.37 Å². The molecule has 1 aliphatic rings. The molecule has 2 amide bonds. The molecule has 2 aromatic rings. The van der Waals surface area contributed by atoms with Gasteiger partial charge in [0.25, 0.3) is 0 Å². The maximum Gasteiger partial charge on any atom is 0.246 e. The van der Waals surface area contributed by atoms with Crippen LogP contribution in [0.25, 0.3) is 5.57 Å². The van der Waals surface area contributed by atoms with E-state index in [0.717, 1.165) is 24.0 Å². The van der Waals surface area contributed by atoms with Crippen LogP contribution in [0.5, 0.6) is 5.88 Å². The van der Waals surface area contributed by atoms with Crippen LogP contribution in [-0.2, 0) is 9.59 Å². The number of likely N-dealkylation sites (N-methyl/N-ethyl adjacent to an activating group) is 2. The van der Waals surface area contributed by atoms with Gasteiger partial charge in [0, 0.05) is 34.4 Å². The Morgan fingerprint density at radius 1 is 1.26 bits per heavy atom. The number of carbonyl (C=O) groups is 2. The van der Waals surface area contributed by atoms with E-state index in [9.17, 15) is 14.0 Å². The zero-order valence-electron chi connectivity index (χ0n) is 26.1. The van der Waals surface area contributed by atoms with Gasteiger partial charge in [0.05, 0.1) is 11.7 Å². The fourth-order valence-corrected chi connectivity index (χ4v) is 4.49. The van der Waals surface area contributed by atoms with E-state index in [1.807, 2.05) is 32.8 Å². The normalized spacial score (nSPS) is 17.4. The number of hydrogen-bond donors (Lipinski definition) is 2. The van der Waals surface area contributed by atoms with Crippen LogP contribution in [0.15, 0.2) is 49.2 Å². The molecule has 1 aromatic carbocycles. The van der Waals surface area contributed by atoms with Crippen molar-refractivity contribution in [1.29, 1.82) is 0 Å². The second kappa shape index (κ2) is 16.6. The summed E-state index contributed by atoms with van der Waals surface area (Å²) in [5.74, 6) is 1.02. The number of ether oxygens (including phenoxy) is 1. The number of nitrogens with zero attached hydrogens (tertiary/aromatic N) is 4. The molecule has 9 nitrogen and oxygen atoms in total. The van der Waals surface area contributed by atoms with Gasteiger partial charge in [-0.2, -0.15) is 4.98 Å². The summed E-state index contributed by atoms with van der Waals surface area (Å²) in [6.45, 7) is 12.9. The first kappa shape index (κ1) is 34.4. The van der Waals surface area contributed by atoms with Crippen molar-refractivity contribution in [2.75, 3.05) is 33.0 Å². The van der Waals surface area contributed by atoms with Crippen LogP contribution in [0.1, 0.15) is 61.8 Å². The quantitative estimate of drug-likeness (QED) is 0.315. The third-order valence-electron chi connectivity index (χ3n) is 7.03. The Kier molecular flexibility index (Phi) is 13.6. The van der Waals surface area contributed by atoms with Crippen LogP contribution < -0.4 is 15.8 Å². The van der Waals surface area contributed by atoms with Crippen molar-refractivity contribution in [3.8, 4) is 5.88 Å². The predicted molar refractivity (Wildman–Crippen MR) is 171 cm³/mol. The van der Waals surface area contributed by atoms with Crippen molar-refractivity contribution in [3.63, 3.8) is 0 Å². The van der Waals surface area contributed by atoms with E-state index < -0.39 is 11.9 Å². The summed E-state index contributed by atoms with van der Waals surface area (Å²) >= 11 is 0. The highest BCUT2D eigenvalue weighted by Gasteiger charge is 2.25. The van der Waals surface area contributed by atoms with Crippen LogP contribution in [0, 0.1) is 17.7 Å². The van der Waals surface area contributed by atoms with Gasteiger partial charge in [-0.1, -0.05) is 38.5 Å². The lowest BCUT2D eigenvalue weighted by molar-refractivity contribution is -0.133. The number of benzene rings is 1. The number of nitrogens with one attached hydrogen (secondary N) is 1. The fraction of sp³-hybridized carbons (Fsp3) is 0.500. The maximum absolute atomic E-state index is 13.4. The number of aromatic nitrogens is 2. The van der Waals surface area contributed by atoms with Crippen molar-refractivity contribution in [3.05, 3.63) is 60.6 Å². The molecule has 0 radical (unpaired) electrons. The minimum absolute atomic E-state index is 0. The SMILES string of the molecule is C=C(c1cnc(Nc2cccc(F)c2)nc1OC(C)C)[C@@H]1CCCC(C)C1.C[C@@H](C(N)=O)N(C)C(=O)/C=C/CN(C)C.[HH].[HH]. The smallest absolute Gasteiger partial charge is 0.246 e. The zero-order valence-corrected chi connectivity index (χ0v) is 26.1. The molecule has 1 saturated carbocycles. The van der Waals surface area contributed by atoms with Gasteiger partial charge in [-0.05, 0) is 83.3 Å². The van der Waals surface area contributed by atoms with Gasteiger partial charge in [0.1, 0.15) is 11.9 Å². The van der Waals surface area contributed by atoms with Crippen molar-refractivity contribution in [1.82, 2.24) is 19.8 Å². The maximum atomic E-state index is 13.4. The molecule has 1 unspecified atom stereocenters. The first-order valence-electron chi connectivity index (χ1n) is 14.4. The molecule has 1 aliphatic carbocycles. The molecule has 0 bridgehead atoms. The lowest BCUT2D eigenvalue weighted by Gasteiger charge is -2.29. The first-order chi connectivity index (χ1) is 19.8. The third kappa shape index (κ3) is 11.2. The van der Waals surface area contributed by atoms with E-state index in [-0.39, 0.29) is 20.7 Å². The molecule has 42 heavy (non-hydrogen) atoms. The topological polar surface area (TPSA) is 114 Å². The largest absolute Gasteiger partial charge is 0.474 e. The standard InChI is InChI=1S/C22H28FN3O.C10H19N3O2.2H2/c1-14(2)27-21-20(16(4)17-8-5-7-15(3)11-17)13-24-22(26-21)25-19-10-6-9-18(23)12-19;1-8(10(11)15)13(4)9(14)6-5-7-12(2)3;;/h6,9-10,12-15,17H,4-5,7-8,11H2,1-3H3,(H,24,25,26);5-6,8H,7H2,1-4H3,(H2,11,15);2*1H/b;6-5+;;/t15?,17-;8-;;/m10../s1. The summed E-state index contributed by atoms with van der Waals surface area (Å²) in [7, 11) is 5.37. The molecule has 3 atom stereocenters. The molecular formula is C32H51FN6O3. The van der Waals surface area contributed by atoms with E-state index >= 15 is 0 Å². The van der Waals surface area contributed by atoms with E-state index in [1.54, 1.807) is 38.4 Å². The Balaban J connectivity index is 0.000000941. The Hall–Kier alpha value is -3.79. The molecule has 0 saturated heterocycles. The van der Waals surface area contributed by atoms with Crippen LogP contribution in [0.4, 0.5) is 16.0 Å². The van der Waals surface area contributed by atoms with Crippen LogP contribution in [0.3, 0.4) is 0 Å². The number of anilines is 2. The molecule has 1 fully saturated rings. The Labute approximate surface area is 253 Å². The van der Waals surface area contributed by atoms with Gasteiger partial charge in [-0.15, -0.1) is 0 Å². The lowest BCUT2D eigenvalue weighted by Crippen LogP contribution is -2.43. The first-order valence-corrected chi connectivity index (χ1v) is 14.4. The molecule has 3 N–H and O–H groups in total. The minimum atomic E-state index is -0.582. The van der Waals surface area contributed by atoms with Crippen molar-refractivity contribution >= 4 is 29.0 Å². The Morgan fingerprint density at radius 3 is 2.57 bits per heavy atom. The zero-order chi connectivity index (χ0) is 31.4. The molecule has 0 aliphatic heterocycles. The van der Waals surface area contributed by atoms with Crippen molar-refractivity contribution in [2.24, 2.45) is 17.6 Å². The lowest BCUT2D eigenvalue weighted by atomic mass is 9.77. The number of carbonyl (C=O) groups excluding carboxylic acids is 2. The molecule has 234 valence electrons. The number of halogens is 1. The Morgan fingerprint density at radius 2 is 1.98 bits per heavy atom. The molecule has 1 aromatic heterocycles. The fourth-order valence-electron chi connectivity index (χ4n) is 4.49. The summed E-state index contributed by atoms with van der Waals surface area (Å²) in [6.07, 6.45) is 9.74. The average Bonchev–Trinajstić information content (AvgIpc) is 2.91. The van der Waals surface area contributed by atoms with Crippen LogP contribution >= 0.6 is 0 Å². The van der Waals surface area contributed by atoms with Gasteiger partial charge in [0.15, 0.2) is 0 Å². The van der Waals surface area contributed by atoms with Crippen molar-refractivity contribution < 1.29 is 21.6 Å². The van der Waals surface area contributed by atoms with Gasteiger partial charge >= 0.3 is 0 Å². The Bertz CT molecular complexity index is 1240. The number of primary amides is 1. The van der Waals surface area contributed by atoms with Gasteiger partial charge in [-0.3, -0.25) is 9.59 Å². The summed E-state index contributed by atoms with van der Waals surface area (Å²) < 4.78 is 19.4. The number of allylic oxidation sites excluding steroid dienone is 1. The average molecular weight is 587 g/mol. The van der Waals surface area contributed by atoms with Crippen LogP contribution in [-0.4, -0.2) is 71.4 Å². The number of rotatable bonds is 11. The highest BCUT2D eigenvalue weighted by Crippen LogP contribution is 2.39. The number of hydrogen-bond acceptors (Lipinski definition) is 7. The molecular weight excluding hydrogens is 535 g/mol. The predicted octanol–water partition coefficient (Wildman–Crippen LogP) is 5.91. The monoisotopic (exact) mass is 586 g/mol. The van der Waals surface area contributed by atoms with E-state index in [0.29, 0.717) is 35.9 Å².